The Kier molecular flexibility index (Phi) is 3.88. The van der Waals surface area contributed by atoms with Gasteiger partial charge >= 0.3 is 0 Å². The van der Waals surface area contributed by atoms with Gasteiger partial charge in [-0.05, 0) is 55.2 Å². The van der Waals surface area contributed by atoms with Gasteiger partial charge in [-0.3, -0.25) is 4.79 Å². The first-order chi connectivity index (χ1) is 11.2. The zero-order valence-corrected chi connectivity index (χ0v) is 13.5. The summed E-state index contributed by atoms with van der Waals surface area (Å²) in [6, 6.07) is 6.52. The molecule has 2 aliphatic heterocycles. The molecule has 2 heterocycles. The summed E-state index contributed by atoms with van der Waals surface area (Å²) in [5.41, 5.74) is 0.425. The number of nitrogens with zero attached hydrogens (tertiary/aromatic N) is 1. The van der Waals surface area contributed by atoms with Crippen molar-refractivity contribution in [2.45, 2.75) is 37.5 Å². The van der Waals surface area contributed by atoms with Crippen molar-refractivity contribution in [3.05, 3.63) is 35.6 Å². The summed E-state index contributed by atoms with van der Waals surface area (Å²) in [7, 11) is 0. The SMILES string of the molecule is O=C(N1C[C@H]2CCC[C@@H]2C1)C1(c2ccc(F)cc2)CCOCC1. The molecule has 0 N–H and O–H groups in total. The lowest BCUT2D eigenvalue weighted by Gasteiger charge is -2.39. The predicted molar refractivity (Wildman–Crippen MR) is 85.5 cm³/mol. The number of likely N-dealkylation sites (tertiary alicyclic amines) is 1. The summed E-state index contributed by atoms with van der Waals surface area (Å²) in [5.74, 6) is 1.38. The number of hydrogen-bond acceptors (Lipinski definition) is 2. The summed E-state index contributed by atoms with van der Waals surface area (Å²) in [5, 5.41) is 0. The van der Waals surface area contributed by atoms with Crippen LogP contribution in [0.25, 0.3) is 0 Å². The number of ether oxygens (including phenoxy) is 1. The molecule has 0 aromatic heterocycles. The highest BCUT2D eigenvalue weighted by Gasteiger charge is 2.47. The van der Waals surface area contributed by atoms with Gasteiger partial charge in [0.15, 0.2) is 0 Å². The summed E-state index contributed by atoms with van der Waals surface area (Å²) >= 11 is 0. The summed E-state index contributed by atoms with van der Waals surface area (Å²) in [6.07, 6.45) is 5.24. The molecule has 124 valence electrons. The topological polar surface area (TPSA) is 29.5 Å². The van der Waals surface area contributed by atoms with Crippen LogP contribution in [0.15, 0.2) is 24.3 Å². The third kappa shape index (κ3) is 2.57. The van der Waals surface area contributed by atoms with E-state index in [0.29, 0.717) is 37.9 Å². The maximum atomic E-state index is 13.4. The number of fused-ring (bicyclic) bond motifs is 1. The predicted octanol–water partition coefficient (Wildman–Crippen LogP) is 3.13. The van der Waals surface area contributed by atoms with E-state index in [-0.39, 0.29) is 11.7 Å². The Hall–Kier alpha value is -1.42. The minimum atomic E-state index is -0.523. The Balaban J connectivity index is 1.63. The van der Waals surface area contributed by atoms with Gasteiger partial charge in [-0.25, -0.2) is 4.39 Å². The molecule has 3 aliphatic rings. The van der Waals surface area contributed by atoms with Crippen LogP contribution in [0.5, 0.6) is 0 Å². The first-order valence-corrected chi connectivity index (χ1v) is 8.82. The molecular formula is C19H24FNO2. The molecule has 0 spiro atoms. The normalized spacial score (nSPS) is 29.5. The second-order valence-electron chi connectivity index (χ2n) is 7.36. The number of carbonyl (C=O) groups excluding carboxylic acids is 1. The second-order valence-corrected chi connectivity index (χ2v) is 7.36. The van der Waals surface area contributed by atoms with Crippen molar-refractivity contribution in [1.82, 2.24) is 4.90 Å². The standard InChI is InChI=1S/C19H24FNO2/c20-17-6-4-16(5-7-17)19(8-10-23-11-9-19)18(22)21-12-14-2-1-3-15(14)13-21/h4-7,14-15H,1-3,8-13H2/t14-,15-/m1/s1. The fourth-order valence-electron chi connectivity index (χ4n) is 4.82. The molecule has 2 saturated heterocycles. The van der Waals surface area contributed by atoms with E-state index in [0.717, 1.165) is 18.7 Å². The Morgan fingerprint density at radius 2 is 1.70 bits per heavy atom. The Morgan fingerprint density at radius 1 is 1.09 bits per heavy atom. The number of amides is 1. The summed E-state index contributed by atoms with van der Waals surface area (Å²) < 4.78 is 18.8. The quantitative estimate of drug-likeness (QED) is 0.839. The molecule has 1 amide bonds. The number of carbonyl (C=O) groups is 1. The van der Waals surface area contributed by atoms with Crippen LogP contribution in [-0.2, 0) is 14.9 Å². The summed E-state index contributed by atoms with van der Waals surface area (Å²) in [6.45, 7) is 3.02. The van der Waals surface area contributed by atoms with Gasteiger partial charge < -0.3 is 9.64 Å². The average molecular weight is 317 g/mol. The lowest BCUT2D eigenvalue weighted by molar-refractivity contribution is -0.140. The van der Waals surface area contributed by atoms with Crippen LogP contribution in [-0.4, -0.2) is 37.1 Å². The van der Waals surface area contributed by atoms with Gasteiger partial charge in [-0.2, -0.15) is 0 Å². The van der Waals surface area contributed by atoms with Crippen molar-refractivity contribution in [1.29, 1.82) is 0 Å². The van der Waals surface area contributed by atoms with Gasteiger partial charge in [0.25, 0.3) is 0 Å². The molecule has 23 heavy (non-hydrogen) atoms. The highest BCUT2D eigenvalue weighted by Crippen LogP contribution is 2.42. The van der Waals surface area contributed by atoms with Crippen LogP contribution in [0.4, 0.5) is 4.39 Å². The van der Waals surface area contributed by atoms with Crippen LogP contribution < -0.4 is 0 Å². The van der Waals surface area contributed by atoms with Crippen LogP contribution in [0, 0.1) is 17.7 Å². The first-order valence-electron chi connectivity index (χ1n) is 8.82. The van der Waals surface area contributed by atoms with Crippen LogP contribution in [0.2, 0.25) is 0 Å². The largest absolute Gasteiger partial charge is 0.381 e. The van der Waals surface area contributed by atoms with Crippen molar-refractivity contribution >= 4 is 5.91 Å². The minimum Gasteiger partial charge on any atom is -0.381 e. The maximum absolute atomic E-state index is 13.4. The van der Waals surface area contributed by atoms with E-state index < -0.39 is 5.41 Å². The smallest absolute Gasteiger partial charge is 0.233 e. The Morgan fingerprint density at radius 3 is 2.30 bits per heavy atom. The molecule has 1 saturated carbocycles. The van der Waals surface area contributed by atoms with E-state index in [1.807, 2.05) is 0 Å². The zero-order chi connectivity index (χ0) is 15.9. The van der Waals surface area contributed by atoms with E-state index in [1.54, 1.807) is 12.1 Å². The maximum Gasteiger partial charge on any atom is 0.233 e. The monoisotopic (exact) mass is 317 g/mol. The lowest BCUT2D eigenvalue weighted by atomic mass is 9.73. The number of rotatable bonds is 2. The molecule has 2 atom stereocenters. The molecule has 0 unspecified atom stereocenters. The molecule has 4 rings (SSSR count). The van der Waals surface area contributed by atoms with Crippen molar-refractivity contribution < 1.29 is 13.9 Å². The number of hydrogen-bond donors (Lipinski definition) is 0. The molecule has 3 nitrogen and oxygen atoms in total. The molecule has 4 heteroatoms. The van der Waals surface area contributed by atoms with Crippen molar-refractivity contribution in [2.24, 2.45) is 11.8 Å². The van der Waals surface area contributed by atoms with Crippen molar-refractivity contribution in [2.75, 3.05) is 26.3 Å². The molecule has 3 fully saturated rings. The van der Waals surface area contributed by atoms with E-state index >= 15 is 0 Å². The van der Waals surface area contributed by atoms with Gasteiger partial charge in [0.2, 0.25) is 5.91 Å². The molecule has 0 bridgehead atoms. The highest BCUT2D eigenvalue weighted by atomic mass is 19.1. The van der Waals surface area contributed by atoms with Gasteiger partial charge in [0.05, 0.1) is 5.41 Å². The van der Waals surface area contributed by atoms with E-state index in [2.05, 4.69) is 4.90 Å². The fourth-order valence-corrected chi connectivity index (χ4v) is 4.82. The number of benzene rings is 1. The van der Waals surface area contributed by atoms with Crippen LogP contribution >= 0.6 is 0 Å². The number of halogens is 1. The lowest BCUT2D eigenvalue weighted by Crippen LogP contribution is -2.49. The van der Waals surface area contributed by atoms with Crippen LogP contribution in [0.1, 0.15) is 37.7 Å². The molecular weight excluding hydrogens is 293 g/mol. The van der Waals surface area contributed by atoms with E-state index in [4.69, 9.17) is 4.74 Å². The Labute approximate surface area is 136 Å². The van der Waals surface area contributed by atoms with Gasteiger partial charge in [0.1, 0.15) is 5.82 Å². The van der Waals surface area contributed by atoms with Crippen LogP contribution in [0.3, 0.4) is 0 Å². The molecule has 1 aromatic carbocycles. The third-order valence-electron chi connectivity index (χ3n) is 6.17. The molecule has 1 aromatic rings. The molecule has 1 aliphatic carbocycles. The van der Waals surface area contributed by atoms with Gasteiger partial charge in [-0.1, -0.05) is 18.6 Å². The summed E-state index contributed by atoms with van der Waals surface area (Å²) in [4.78, 5) is 15.5. The van der Waals surface area contributed by atoms with E-state index in [1.165, 1.54) is 31.4 Å². The third-order valence-corrected chi connectivity index (χ3v) is 6.17. The van der Waals surface area contributed by atoms with E-state index in [9.17, 15) is 9.18 Å². The van der Waals surface area contributed by atoms with Crippen molar-refractivity contribution in [3.8, 4) is 0 Å². The van der Waals surface area contributed by atoms with Gasteiger partial charge in [0, 0.05) is 26.3 Å². The Bertz CT molecular complexity index is 568. The second kappa shape index (κ2) is 5.90. The minimum absolute atomic E-state index is 0.238. The highest BCUT2D eigenvalue weighted by molar-refractivity contribution is 5.88. The average Bonchev–Trinajstić information content (AvgIpc) is 3.17. The zero-order valence-electron chi connectivity index (χ0n) is 13.5. The van der Waals surface area contributed by atoms with Crippen molar-refractivity contribution in [3.63, 3.8) is 0 Å². The van der Waals surface area contributed by atoms with Gasteiger partial charge in [-0.15, -0.1) is 0 Å². The fraction of sp³-hybridized carbons (Fsp3) is 0.632. The molecule has 0 radical (unpaired) electrons. The first kappa shape index (κ1) is 15.1.